The van der Waals surface area contributed by atoms with Crippen molar-refractivity contribution in [1.29, 1.82) is 0 Å². The van der Waals surface area contributed by atoms with Crippen LogP contribution in [-0.2, 0) is 0 Å². The Labute approximate surface area is 116 Å². The lowest BCUT2D eigenvalue weighted by atomic mass is 9.89. The number of H-pyrrole nitrogens is 1. The third-order valence-corrected chi connectivity index (χ3v) is 3.75. The maximum Gasteiger partial charge on any atom is 0.125 e. The van der Waals surface area contributed by atoms with Crippen LogP contribution >= 0.6 is 0 Å². The number of hydrogen-bond acceptors (Lipinski definition) is 1. The summed E-state index contributed by atoms with van der Waals surface area (Å²) in [6.07, 6.45) is 2.89. The number of phenolic OH excluding ortho intramolecular Hbond substituents is 1. The standard InChI is InChI=1S/C17H16FNO/c1-2-14(11-3-6-13(20)7-4-11)16-10-19-17-9-12(18)5-8-15(16)17/h3-10,14,19-20H,2H2,1H3. The Morgan fingerprint density at radius 2 is 1.90 bits per heavy atom. The molecule has 0 spiro atoms. The quantitative estimate of drug-likeness (QED) is 0.718. The van der Waals surface area contributed by atoms with Crippen LogP contribution in [0.3, 0.4) is 0 Å². The second-order valence-electron chi connectivity index (χ2n) is 4.99. The molecule has 3 rings (SSSR count). The van der Waals surface area contributed by atoms with E-state index in [1.165, 1.54) is 12.1 Å². The molecule has 1 atom stereocenters. The predicted molar refractivity (Wildman–Crippen MR) is 78.5 cm³/mol. The van der Waals surface area contributed by atoms with Gasteiger partial charge in [0.2, 0.25) is 0 Å². The zero-order chi connectivity index (χ0) is 14.1. The molecule has 0 bridgehead atoms. The lowest BCUT2D eigenvalue weighted by Crippen LogP contribution is -1.98. The number of nitrogens with one attached hydrogen (secondary N) is 1. The van der Waals surface area contributed by atoms with E-state index in [0.29, 0.717) is 0 Å². The lowest BCUT2D eigenvalue weighted by Gasteiger charge is -2.15. The molecule has 0 fully saturated rings. The Bertz CT molecular complexity index is 730. The lowest BCUT2D eigenvalue weighted by molar-refractivity contribution is 0.475. The van der Waals surface area contributed by atoms with Crippen LogP contribution < -0.4 is 0 Å². The second kappa shape index (κ2) is 5.00. The molecule has 1 aromatic heterocycles. The van der Waals surface area contributed by atoms with Crippen LogP contribution in [0.1, 0.15) is 30.4 Å². The van der Waals surface area contributed by atoms with Gasteiger partial charge in [-0.05, 0) is 47.9 Å². The van der Waals surface area contributed by atoms with E-state index in [1.807, 2.05) is 24.4 Å². The average Bonchev–Trinajstić information content (AvgIpc) is 2.85. The fraction of sp³-hybridized carbons (Fsp3) is 0.176. The third-order valence-electron chi connectivity index (χ3n) is 3.75. The number of hydrogen-bond donors (Lipinski definition) is 2. The van der Waals surface area contributed by atoms with Gasteiger partial charge in [0.15, 0.2) is 0 Å². The molecule has 0 saturated carbocycles. The molecule has 0 aliphatic carbocycles. The average molecular weight is 269 g/mol. The molecule has 20 heavy (non-hydrogen) atoms. The first kappa shape index (κ1) is 12.7. The van der Waals surface area contributed by atoms with Crippen LogP contribution in [0.25, 0.3) is 10.9 Å². The fourth-order valence-electron chi connectivity index (χ4n) is 2.75. The monoisotopic (exact) mass is 269 g/mol. The Morgan fingerprint density at radius 3 is 2.60 bits per heavy atom. The first-order valence-corrected chi connectivity index (χ1v) is 6.74. The van der Waals surface area contributed by atoms with Crippen molar-refractivity contribution in [3.05, 3.63) is 65.6 Å². The van der Waals surface area contributed by atoms with E-state index in [1.54, 1.807) is 12.1 Å². The first-order valence-electron chi connectivity index (χ1n) is 6.74. The zero-order valence-electron chi connectivity index (χ0n) is 11.2. The Balaban J connectivity index is 2.09. The van der Waals surface area contributed by atoms with Crippen LogP contribution in [-0.4, -0.2) is 10.1 Å². The summed E-state index contributed by atoms with van der Waals surface area (Å²) < 4.78 is 13.2. The highest BCUT2D eigenvalue weighted by atomic mass is 19.1. The number of aromatic hydroxyl groups is 1. The third kappa shape index (κ3) is 2.16. The van der Waals surface area contributed by atoms with Crippen molar-refractivity contribution in [3.8, 4) is 5.75 Å². The smallest absolute Gasteiger partial charge is 0.125 e. The van der Waals surface area contributed by atoms with Gasteiger partial charge in [0.05, 0.1) is 0 Å². The van der Waals surface area contributed by atoms with Crippen molar-refractivity contribution < 1.29 is 9.50 Å². The summed E-state index contributed by atoms with van der Waals surface area (Å²) in [6, 6.07) is 12.1. The highest BCUT2D eigenvalue weighted by molar-refractivity contribution is 5.84. The molecular weight excluding hydrogens is 253 g/mol. The molecule has 3 aromatic rings. The SMILES string of the molecule is CCC(c1ccc(O)cc1)c1c[nH]c2cc(F)ccc12. The minimum Gasteiger partial charge on any atom is -0.508 e. The largest absolute Gasteiger partial charge is 0.508 e. The Hall–Kier alpha value is -2.29. The molecule has 0 amide bonds. The Kier molecular flexibility index (Phi) is 3.18. The highest BCUT2D eigenvalue weighted by Crippen LogP contribution is 2.33. The van der Waals surface area contributed by atoms with Gasteiger partial charge in [-0.3, -0.25) is 0 Å². The van der Waals surface area contributed by atoms with Gasteiger partial charge in [0.1, 0.15) is 11.6 Å². The first-order chi connectivity index (χ1) is 9.69. The summed E-state index contributed by atoms with van der Waals surface area (Å²) >= 11 is 0. The molecule has 1 heterocycles. The van der Waals surface area contributed by atoms with E-state index < -0.39 is 0 Å². The number of aromatic amines is 1. The minimum absolute atomic E-state index is 0.231. The van der Waals surface area contributed by atoms with E-state index in [2.05, 4.69) is 11.9 Å². The van der Waals surface area contributed by atoms with Crippen molar-refractivity contribution in [2.75, 3.05) is 0 Å². The summed E-state index contributed by atoms with van der Waals surface area (Å²) in [5.41, 5.74) is 3.13. The maximum absolute atomic E-state index is 13.2. The predicted octanol–water partition coefficient (Wildman–Crippen LogP) is 4.55. The van der Waals surface area contributed by atoms with Crippen LogP contribution in [0.2, 0.25) is 0 Å². The highest BCUT2D eigenvalue weighted by Gasteiger charge is 2.16. The molecular formula is C17H16FNO. The van der Waals surface area contributed by atoms with Crippen molar-refractivity contribution >= 4 is 10.9 Å². The number of phenols is 1. The van der Waals surface area contributed by atoms with Crippen LogP contribution in [0.4, 0.5) is 4.39 Å². The van der Waals surface area contributed by atoms with E-state index in [9.17, 15) is 9.50 Å². The summed E-state index contributed by atoms with van der Waals surface area (Å²) in [7, 11) is 0. The van der Waals surface area contributed by atoms with Gasteiger partial charge in [0, 0.05) is 23.0 Å². The Morgan fingerprint density at radius 1 is 1.15 bits per heavy atom. The molecule has 2 aromatic carbocycles. The number of aromatic nitrogens is 1. The van der Waals surface area contributed by atoms with Crippen molar-refractivity contribution in [1.82, 2.24) is 4.98 Å². The normalized spacial score (nSPS) is 12.7. The topological polar surface area (TPSA) is 36.0 Å². The molecule has 102 valence electrons. The van der Waals surface area contributed by atoms with Gasteiger partial charge >= 0.3 is 0 Å². The van der Waals surface area contributed by atoms with Crippen LogP contribution in [0.5, 0.6) is 5.75 Å². The molecule has 3 heteroatoms. The van der Waals surface area contributed by atoms with E-state index in [0.717, 1.165) is 28.5 Å². The number of benzene rings is 2. The van der Waals surface area contributed by atoms with Crippen LogP contribution in [0.15, 0.2) is 48.7 Å². The van der Waals surface area contributed by atoms with E-state index >= 15 is 0 Å². The van der Waals surface area contributed by atoms with Gasteiger partial charge in [-0.25, -0.2) is 4.39 Å². The number of halogens is 1. The molecule has 0 aliphatic rings. The second-order valence-corrected chi connectivity index (χ2v) is 4.99. The molecule has 2 nitrogen and oxygen atoms in total. The minimum atomic E-state index is -0.233. The summed E-state index contributed by atoms with van der Waals surface area (Å²) in [5.74, 6) is 0.267. The number of fused-ring (bicyclic) bond motifs is 1. The van der Waals surface area contributed by atoms with E-state index in [4.69, 9.17) is 0 Å². The maximum atomic E-state index is 13.2. The van der Waals surface area contributed by atoms with Crippen LogP contribution in [0, 0.1) is 5.82 Å². The molecule has 0 aliphatic heterocycles. The zero-order valence-corrected chi connectivity index (χ0v) is 11.2. The molecule has 0 saturated heterocycles. The van der Waals surface area contributed by atoms with Crippen molar-refractivity contribution in [3.63, 3.8) is 0 Å². The fourth-order valence-corrected chi connectivity index (χ4v) is 2.75. The van der Waals surface area contributed by atoms with Gasteiger partial charge in [-0.1, -0.05) is 19.1 Å². The van der Waals surface area contributed by atoms with Crippen molar-refractivity contribution in [2.24, 2.45) is 0 Å². The number of rotatable bonds is 3. The summed E-state index contributed by atoms with van der Waals surface area (Å²) in [5, 5.41) is 10.4. The van der Waals surface area contributed by atoms with Gasteiger partial charge in [-0.2, -0.15) is 0 Å². The van der Waals surface area contributed by atoms with Gasteiger partial charge in [-0.15, -0.1) is 0 Å². The van der Waals surface area contributed by atoms with E-state index in [-0.39, 0.29) is 17.5 Å². The molecule has 2 N–H and O–H groups in total. The van der Waals surface area contributed by atoms with Gasteiger partial charge < -0.3 is 10.1 Å². The van der Waals surface area contributed by atoms with Gasteiger partial charge in [0.25, 0.3) is 0 Å². The van der Waals surface area contributed by atoms with Crippen molar-refractivity contribution in [2.45, 2.75) is 19.3 Å². The molecule has 0 radical (unpaired) electrons. The summed E-state index contributed by atoms with van der Waals surface area (Å²) in [6.45, 7) is 2.12. The summed E-state index contributed by atoms with van der Waals surface area (Å²) in [4.78, 5) is 3.14. The molecule has 1 unspecified atom stereocenters.